The van der Waals surface area contributed by atoms with Gasteiger partial charge in [-0.3, -0.25) is 0 Å². The van der Waals surface area contributed by atoms with Gasteiger partial charge in [-0.25, -0.2) is 8.78 Å². The van der Waals surface area contributed by atoms with E-state index < -0.39 is 6.43 Å². The highest BCUT2D eigenvalue weighted by atomic mass is 32.2. The summed E-state index contributed by atoms with van der Waals surface area (Å²) in [4.78, 5) is 0.756. The molecule has 0 saturated heterocycles. The summed E-state index contributed by atoms with van der Waals surface area (Å²) in [6, 6.07) is 3.75. The molecule has 0 atom stereocenters. The second-order valence-electron chi connectivity index (χ2n) is 3.90. The zero-order chi connectivity index (χ0) is 14.3. The van der Waals surface area contributed by atoms with Crippen molar-refractivity contribution in [1.82, 2.24) is 0 Å². The summed E-state index contributed by atoms with van der Waals surface area (Å²) < 4.78 is 35.0. The predicted molar refractivity (Wildman–Crippen MR) is 73.6 cm³/mol. The molecule has 6 heteroatoms. The van der Waals surface area contributed by atoms with Crippen LogP contribution in [0.2, 0.25) is 0 Å². The van der Waals surface area contributed by atoms with Gasteiger partial charge in [0.25, 0.3) is 0 Å². The molecule has 0 radical (unpaired) electrons. The van der Waals surface area contributed by atoms with E-state index in [9.17, 15) is 8.78 Å². The molecule has 1 rings (SSSR count). The number of methoxy groups -OCH3 is 2. The Morgan fingerprint density at radius 1 is 1.21 bits per heavy atom. The molecular formula is C13H19F2NO2S. The second-order valence-corrected chi connectivity index (χ2v) is 5.00. The number of hydrogen-bond donors (Lipinski definition) is 1. The lowest BCUT2D eigenvalue weighted by molar-refractivity contribution is 0.145. The Labute approximate surface area is 116 Å². The van der Waals surface area contributed by atoms with Gasteiger partial charge in [0.1, 0.15) is 11.5 Å². The number of nitrogens with two attached hydrogens (primary N) is 1. The summed E-state index contributed by atoms with van der Waals surface area (Å²) in [7, 11) is 3.11. The van der Waals surface area contributed by atoms with Gasteiger partial charge in [-0.2, -0.15) is 0 Å². The van der Waals surface area contributed by atoms with E-state index in [1.54, 1.807) is 14.2 Å². The minimum atomic E-state index is -2.29. The third kappa shape index (κ3) is 4.87. The first-order chi connectivity index (χ1) is 9.12. The lowest BCUT2D eigenvalue weighted by Crippen LogP contribution is -2.04. The van der Waals surface area contributed by atoms with Crippen LogP contribution < -0.4 is 15.2 Å². The fourth-order valence-corrected chi connectivity index (χ4v) is 2.71. The molecule has 0 aliphatic rings. The first kappa shape index (κ1) is 16.0. The summed E-state index contributed by atoms with van der Waals surface area (Å²) in [5.74, 6) is 1.60. The molecule has 0 spiro atoms. The monoisotopic (exact) mass is 291 g/mol. The van der Waals surface area contributed by atoms with Crippen molar-refractivity contribution in [2.24, 2.45) is 5.73 Å². The van der Waals surface area contributed by atoms with E-state index >= 15 is 0 Å². The molecule has 0 heterocycles. The van der Waals surface area contributed by atoms with Gasteiger partial charge in [0, 0.05) is 12.2 Å². The molecule has 19 heavy (non-hydrogen) atoms. The van der Waals surface area contributed by atoms with E-state index in [1.165, 1.54) is 11.8 Å². The van der Waals surface area contributed by atoms with Crippen molar-refractivity contribution in [2.45, 2.75) is 24.2 Å². The number of benzene rings is 1. The summed E-state index contributed by atoms with van der Waals surface area (Å²) in [6.07, 6.45) is -1.73. The molecule has 0 aliphatic heterocycles. The van der Waals surface area contributed by atoms with Crippen LogP contribution in [-0.4, -0.2) is 32.9 Å². The molecule has 3 nitrogen and oxygen atoms in total. The van der Waals surface area contributed by atoms with Gasteiger partial charge < -0.3 is 15.2 Å². The van der Waals surface area contributed by atoms with Crippen molar-refractivity contribution in [3.63, 3.8) is 0 Å². The Morgan fingerprint density at radius 3 is 2.21 bits per heavy atom. The van der Waals surface area contributed by atoms with E-state index in [4.69, 9.17) is 15.2 Å². The summed E-state index contributed by atoms with van der Waals surface area (Å²) in [5, 5.41) is 0. The van der Waals surface area contributed by atoms with Crippen LogP contribution in [0, 0.1) is 0 Å². The van der Waals surface area contributed by atoms with E-state index in [0.717, 1.165) is 10.5 Å². The van der Waals surface area contributed by atoms with Crippen molar-refractivity contribution in [2.75, 3.05) is 26.5 Å². The van der Waals surface area contributed by atoms with Crippen molar-refractivity contribution in [1.29, 1.82) is 0 Å². The third-order valence-electron chi connectivity index (χ3n) is 2.54. The van der Waals surface area contributed by atoms with Crippen LogP contribution in [0.3, 0.4) is 0 Å². The second kappa shape index (κ2) is 8.22. The third-order valence-corrected chi connectivity index (χ3v) is 3.67. The molecule has 2 N–H and O–H groups in total. The van der Waals surface area contributed by atoms with Crippen LogP contribution in [0.4, 0.5) is 8.78 Å². The Kier molecular flexibility index (Phi) is 6.94. The van der Waals surface area contributed by atoms with Crippen LogP contribution in [0.5, 0.6) is 11.5 Å². The van der Waals surface area contributed by atoms with Gasteiger partial charge in [-0.05, 0) is 30.7 Å². The lowest BCUT2D eigenvalue weighted by Gasteiger charge is -2.14. The molecule has 1 aromatic carbocycles. The Morgan fingerprint density at radius 2 is 1.79 bits per heavy atom. The van der Waals surface area contributed by atoms with Crippen LogP contribution in [0.15, 0.2) is 17.0 Å². The van der Waals surface area contributed by atoms with Crippen LogP contribution >= 0.6 is 11.8 Å². The van der Waals surface area contributed by atoms with Crippen LogP contribution in [0.1, 0.15) is 12.0 Å². The first-order valence-electron chi connectivity index (χ1n) is 5.98. The smallest absolute Gasteiger partial charge is 0.239 e. The summed E-state index contributed by atoms with van der Waals surface area (Å²) in [6.45, 7) is 0.532. The van der Waals surface area contributed by atoms with Gasteiger partial charge in [0.05, 0.1) is 19.1 Å². The molecule has 0 unspecified atom stereocenters. The van der Waals surface area contributed by atoms with E-state index in [-0.39, 0.29) is 6.42 Å². The summed E-state index contributed by atoms with van der Waals surface area (Å²) in [5.41, 5.74) is 6.53. The van der Waals surface area contributed by atoms with Crippen LogP contribution in [-0.2, 0) is 6.42 Å². The number of alkyl halides is 2. The lowest BCUT2D eigenvalue weighted by atomic mass is 10.1. The van der Waals surface area contributed by atoms with E-state index in [1.807, 2.05) is 12.1 Å². The van der Waals surface area contributed by atoms with E-state index in [2.05, 4.69) is 0 Å². The highest BCUT2D eigenvalue weighted by Gasteiger charge is 2.14. The number of thioether (sulfide) groups is 1. The van der Waals surface area contributed by atoms with Gasteiger partial charge in [-0.15, -0.1) is 11.8 Å². The SMILES string of the molecule is COc1cc(CCN)cc(OC)c1SCCC(F)F. The standard InChI is InChI=1S/C13H19F2NO2S/c1-17-10-7-9(3-5-16)8-11(18-2)13(10)19-6-4-12(14)15/h7-8,12H,3-6,16H2,1-2H3. The molecule has 1 aromatic rings. The highest BCUT2D eigenvalue weighted by molar-refractivity contribution is 7.99. The van der Waals surface area contributed by atoms with Crippen molar-refractivity contribution in [3.8, 4) is 11.5 Å². The Hall–Kier alpha value is -1.01. The summed E-state index contributed by atoms with van der Waals surface area (Å²) >= 11 is 1.32. The molecule has 108 valence electrons. The van der Waals surface area contributed by atoms with Gasteiger partial charge in [0.2, 0.25) is 6.43 Å². The Bertz CT molecular complexity index is 377. The van der Waals surface area contributed by atoms with Gasteiger partial charge >= 0.3 is 0 Å². The molecular weight excluding hydrogens is 272 g/mol. The quantitative estimate of drug-likeness (QED) is 0.748. The normalized spacial score (nSPS) is 10.8. The van der Waals surface area contributed by atoms with Crippen molar-refractivity contribution < 1.29 is 18.3 Å². The highest BCUT2D eigenvalue weighted by Crippen LogP contribution is 2.39. The maximum Gasteiger partial charge on any atom is 0.239 e. The number of hydrogen-bond acceptors (Lipinski definition) is 4. The zero-order valence-electron chi connectivity index (χ0n) is 11.1. The average Bonchev–Trinajstić information content (AvgIpc) is 2.39. The van der Waals surface area contributed by atoms with Gasteiger partial charge in [0.15, 0.2) is 0 Å². The molecule has 0 aromatic heterocycles. The molecule has 0 amide bonds. The molecule has 0 fully saturated rings. The largest absolute Gasteiger partial charge is 0.495 e. The van der Waals surface area contributed by atoms with Gasteiger partial charge in [-0.1, -0.05) is 0 Å². The topological polar surface area (TPSA) is 44.5 Å². The molecule has 0 bridgehead atoms. The maximum absolute atomic E-state index is 12.2. The van der Waals surface area contributed by atoms with E-state index in [0.29, 0.717) is 30.2 Å². The average molecular weight is 291 g/mol. The number of halogens is 2. The molecule has 0 aliphatic carbocycles. The van der Waals surface area contributed by atoms with Crippen molar-refractivity contribution in [3.05, 3.63) is 17.7 Å². The minimum Gasteiger partial charge on any atom is -0.495 e. The fraction of sp³-hybridized carbons (Fsp3) is 0.538. The number of ether oxygens (including phenoxy) is 2. The Balaban J connectivity index is 2.92. The number of rotatable bonds is 8. The van der Waals surface area contributed by atoms with Crippen molar-refractivity contribution >= 4 is 11.8 Å². The van der Waals surface area contributed by atoms with Crippen LogP contribution in [0.25, 0.3) is 0 Å². The maximum atomic E-state index is 12.2. The first-order valence-corrected chi connectivity index (χ1v) is 6.96. The fourth-order valence-electron chi connectivity index (χ4n) is 1.64. The minimum absolute atomic E-state index is 0.151. The molecule has 0 saturated carbocycles. The predicted octanol–water partition coefficient (Wildman–Crippen LogP) is 2.95. The zero-order valence-corrected chi connectivity index (χ0v) is 11.9.